The number of imide groups is 1. The first-order valence-electron chi connectivity index (χ1n) is 7.95. The molecule has 5 nitrogen and oxygen atoms in total. The number of anilines is 1. The highest BCUT2D eigenvalue weighted by atomic mass is 16.2. The van der Waals surface area contributed by atoms with Crippen LogP contribution in [0.15, 0.2) is 41.0 Å². The third-order valence-electron chi connectivity index (χ3n) is 4.28. The van der Waals surface area contributed by atoms with Crippen LogP contribution in [-0.2, 0) is 9.59 Å². The summed E-state index contributed by atoms with van der Waals surface area (Å²) in [5.74, 6) is -0.932. The zero-order valence-corrected chi connectivity index (χ0v) is 14.5. The first kappa shape index (κ1) is 17.5. The van der Waals surface area contributed by atoms with E-state index in [2.05, 4.69) is 18.7 Å². The maximum atomic E-state index is 12.4. The van der Waals surface area contributed by atoms with Crippen molar-refractivity contribution in [1.29, 1.82) is 5.26 Å². The van der Waals surface area contributed by atoms with Gasteiger partial charge in [-0.05, 0) is 50.1 Å². The Labute approximate surface area is 142 Å². The first-order valence-corrected chi connectivity index (χ1v) is 7.95. The lowest BCUT2D eigenvalue weighted by atomic mass is 9.94. The Hall–Kier alpha value is -2.87. The molecule has 0 unspecified atom stereocenters. The quantitative estimate of drug-likeness (QED) is 0.631. The monoisotopic (exact) mass is 323 g/mol. The van der Waals surface area contributed by atoms with Gasteiger partial charge in [0.25, 0.3) is 11.8 Å². The van der Waals surface area contributed by atoms with Gasteiger partial charge in [0.2, 0.25) is 0 Å². The molecule has 0 saturated carbocycles. The summed E-state index contributed by atoms with van der Waals surface area (Å²) in [7, 11) is 1.39. The van der Waals surface area contributed by atoms with Crippen molar-refractivity contribution in [3.8, 4) is 6.07 Å². The smallest absolute Gasteiger partial charge is 0.271 e. The van der Waals surface area contributed by atoms with Crippen molar-refractivity contribution in [3.63, 3.8) is 0 Å². The van der Waals surface area contributed by atoms with Crippen LogP contribution in [0.5, 0.6) is 0 Å². The molecular formula is C19H21N3O2. The summed E-state index contributed by atoms with van der Waals surface area (Å²) >= 11 is 0. The minimum Gasteiger partial charge on any atom is -0.372 e. The van der Waals surface area contributed by atoms with Crippen molar-refractivity contribution in [3.05, 3.63) is 46.5 Å². The second-order valence-corrected chi connectivity index (χ2v) is 5.60. The van der Waals surface area contributed by atoms with Gasteiger partial charge in [0, 0.05) is 31.4 Å². The molecule has 1 aliphatic rings. The second-order valence-electron chi connectivity index (χ2n) is 5.60. The number of likely N-dealkylation sites (N-methyl/N-ethyl adjacent to an activating group) is 1. The van der Waals surface area contributed by atoms with Gasteiger partial charge in [-0.15, -0.1) is 0 Å². The molecule has 0 fully saturated rings. The van der Waals surface area contributed by atoms with E-state index in [9.17, 15) is 14.9 Å². The molecule has 0 bridgehead atoms. The van der Waals surface area contributed by atoms with E-state index in [4.69, 9.17) is 0 Å². The Balaban J connectivity index is 2.43. The van der Waals surface area contributed by atoms with Crippen LogP contribution in [0, 0.1) is 11.3 Å². The number of benzene rings is 1. The van der Waals surface area contributed by atoms with E-state index in [-0.39, 0.29) is 11.5 Å². The fourth-order valence-electron chi connectivity index (χ4n) is 2.73. The molecule has 0 radical (unpaired) electrons. The van der Waals surface area contributed by atoms with E-state index in [0.717, 1.165) is 29.2 Å². The van der Waals surface area contributed by atoms with Crippen LogP contribution in [0.4, 0.5) is 5.69 Å². The third kappa shape index (κ3) is 3.09. The van der Waals surface area contributed by atoms with E-state index >= 15 is 0 Å². The topological polar surface area (TPSA) is 64.4 Å². The van der Waals surface area contributed by atoms with Crippen molar-refractivity contribution >= 4 is 23.6 Å². The molecule has 124 valence electrons. The maximum Gasteiger partial charge on any atom is 0.271 e. The zero-order valence-electron chi connectivity index (χ0n) is 14.5. The minimum atomic E-state index is -0.547. The summed E-state index contributed by atoms with van der Waals surface area (Å²) < 4.78 is 0. The normalized spacial score (nSPS) is 16.6. The van der Waals surface area contributed by atoms with Gasteiger partial charge in [0.1, 0.15) is 11.6 Å². The summed E-state index contributed by atoms with van der Waals surface area (Å²) in [4.78, 5) is 27.5. The fraction of sp³-hybridized carbons (Fsp3) is 0.316. The van der Waals surface area contributed by atoms with Gasteiger partial charge in [0.05, 0.1) is 0 Å². The van der Waals surface area contributed by atoms with Crippen LogP contribution in [0.1, 0.15) is 26.3 Å². The van der Waals surface area contributed by atoms with Crippen molar-refractivity contribution in [2.24, 2.45) is 0 Å². The number of hydrogen-bond acceptors (Lipinski definition) is 4. The fourth-order valence-corrected chi connectivity index (χ4v) is 2.73. The van der Waals surface area contributed by atoms with Crippen molar-refractivity contribution < 1.29 is 9.59 Å². The Morgan fingerprint density at radius 2 is 1.71 bits per heavy atom. The zero-order chi connectivity index (χ0) is 17.9. The molecule has 0 aromatic heterocycles. The van der Waals surface area contributed by atoms with Gasteiger partial charge < -0.3 is 4.90 Å². The summed E-state index contributed by atoms with van der Waals surface area (Å²) in [6, 6.07) is 9.78. The predicted molar refractivity (Wildman–Crippen MR) is 94.1 cm³/mol. The van der Waals surface area contributed by atoms with Crippen molar-refractivity contribution in [2.75, 3.05) is 25.0 Å². The largest absolute Gasteiger partial charge is 0.372 e. The highest BCUT2D eigenvalue weighted by Crippen LogP contribution is 2.26. The average Bonchev–Trinajstić information content (AvgIpc) is 2.60. The Bertz CT molecular complexity index is 763. The Kier molecular flexibility index (Phi) is 5.20. The molecule has 1 aromatic rings. The van der Waals surface area contributed by atoms with Crippen LogP contribution in [0.3, 0.4) is 0 Å². The molecule has 1 aliphatic heterocycles. The van der Waals surface area contributed by atoms with Gasteiger partial charge in [-0.2, -0.15) is 5.26 Å². The van der Waals surface area contributed by atoms with Gasteiger partial charge in [-0.3, -0.25) is 14.5 Å². The number of carbonyl (C=O) groups excluding carboxylic acids is 2. The summed E-state index contributed by atoms with van der Waals surface area (Å²) in [6.45, 7) is 7.69. The average molecular weight is 323 g/mol. The van der Waals surface area contributed by atoms with Gasteiger partial charge in [-0.25, -0.2) is 0 Å². The third-order valence-corrected chi connectivity index (χ3v) is 4.28. The number of rotatable bonds is 4. The molecule has 2 rings (SSSR count). The highest BCUT2D eigenvalue weighted by Gasteiger charge is 2.32. The van der Waals surface area contributed by atoms with Crippen LogP contribution in [0.25, 0.3) is 6.08 Å². The maximum absolute atomic E-state index is 12.4. The Morgan fingerprint density at radius 3 is 2.21 bits per heavy atom. The molecule has 24 heavy (non-hydrogen) atoms. The standard InChI is InChI=1S/C19H21N3O2/c1-5-22(6-2)15-9-7-14(8-10-15)11-16-13(3)17(12-20)19(24)21(4)18(16)23/h7-11H,5-6H2,1-4H3/b16-11-. The van der Waals surface area contributed by atoms with Crippen molar-refractivity contribution in [2.45, 2.75) is 20.8 Å². The van der Waals surface area contributed by atoms with E-state index in [1.54, 1.807) is 13.0 Å². The van der Waals surface area contributed by atoms with Crippen LogP contribution >= 0.6 is 0 Å². The lowest BCUT2D eigenvalue weighted by molar-refractivity contribution is -0.138. The molecule has 2 amide bonds. The predicted octanol–water partition coefficient (Wildman–Crippen LogP) is 2.75. The number of nitrogens with zero attached hydrogens (tertiary/aromatic N) is 3. The molecule has 1 aromatic carbocycles. The first-order chi connectivity index (χ1) is 11.4. The Morgan fingerprint density at radius 1 is 1.12 bits per heavy atom. The lowest BCUT2D eigenvalue weighted by Gasteiger charge is -2.24. The summed E-state index contributed by atoms with van der Waals surface area (Å²) in [5.41, 5.74) is 2.80. The lowest BCUT2D eigenvalue weighted by Crippen LogP contribution is -2.39. The van der Waals surface area contributed by atoms with E-state index < -0.39 is 5.91 Å². The van der Waals surface area contributed by atoms with Gasteiger partial charge in [0.15, 0.2) is 0 Å². The molecule has 5 heteroatoms. The molecule has 0 N–H and O–H groups in total. The van der Waals surface area contributed by atoms with Gasteiger partial charge in [-0.1, -0.05) is 12.1 Å². The van der Waals surface area contributed by atoms with Crippen LogP contribution < -0.4 is 4.90 Å². The molecule has 0 spiro atoms. The summed E-state index contributed by atoms with van der Waals surface area (Å²) in [6.07, 6.45) is 1.73. The SMILES string of the molecule is CCN(CC)c1ccc(/C=C2\C(=O)N(C)C(=O)C(C#N)=C2C)cc1. The van der Waals surface area contributed by atoms with E-state index in [0.29, 0.717) is 11.1 Å². The number of amides is 2. The number of nitriles is 1. The number of carbonyl (C=O) groups is 2. The summed E-state index contributed by atoms with van der Waals surface area (Å²) in [5, 5.41) is 9.17. The number of hydrogen-bond donors (Lipinski definition) is 0. The van der Waals surface area contributed by atoms with E-state index in [1.165, 1.54) is 7.05 Å². The van der Waals surface area contributed by atoms with Gasteiger partial charge >= 0.3 is 0 Å². The molecular weight excluding hydrogens is 302 g/mol. The highest BCUT2D eigenvalue weighted by molar-refractivity contribution is 6.19. The molecule has 1 heterocycles. The molecule has 0 aliphatic carbocycles. The van der Waals surface area contributed by atoms with Crippen molar-refractivity contribution in [1.82, 2.24) is 4.90 Å². The van der Waals surface area contributed by atoms with Crippen LogP contribution in [-0.4, -0.2) is 36.9 Å². The van der Waals surface area contributed by atoms with Crippen LogP contribution in [0.2, 0.25) is 0 Å². The minimum absolute atomic E-state index is 0.0168. The van der Waals surface area contributed by atoms with E-state index in [1.807, 2.05) is 30.3 Å². The second kappa shape index (κ2) is 7.14. The molecule has 0 atom stereocenters. The molecule has 0 saturated heterocycles.